The van der Waals surface area contributed by atoms with E-state index in [0.29, 0.717) is 6.42 Å². The van der Waals surface area contributed by atoms with E-state index in [0.717, 1.165) is 36.6 Å². The van der Waals surface area contributed by atoms with Gasteiger partial charge in [-0.25, -0.2) is 0 Å². The van der Waals surface area contributed by atoms with Crippen molar-refractivity contribution in [2.24, 2.45) is 5.92 Å². The zero-order chi connectivity index (χ0) is 13.2. The molecule has 1 fully saturated rings. The summed E-state index contributed by atoms with van der Waals surface area (Å²) in [6, 6.07) is 8.30. The van der Waals surface area contributed by atoms with Gasteiger partial charge in [-0.3, -0.25) is 4.79 Å². The number of halogens is 1. The van der Waals surface area contributed by atoms with Gasteiger partial charge in [0.05, 0.1) is 11.4 Å². The molecule has 2 aliphatic rings. The van der Waals surface area contributed by atoms with Gasteiger partial charge in [0.2, 0.25) is 5.91 Å². The fourth-order valence-corrected chi connectivity index (χ4v) is 3.04. The number of para-hydroxylation sites is 2. The average Bonchev–Trinajstić information content (AvgIpc) is 3.23. The van der Waals surface area contributed by atoms with Crippen LogP contribution in [0.4, 0.5) is 11.4 Å². The standard InChI is InChI=1S/C15H19BrN2O/c16-8-7-15(19)18-10-9-17(11-12-5-6-12)13-3-1-2-4-14(13)18/h1-4,12H,5-11H2. The lowest BCUT2D eigenvalue weighted by atomic mass is 10.1. The van der Waals surface area contributed by atoms with Crippen LogP contribution in [0.2, 0.25) is 0 Å². The molecule has 1 saturated carbocycles. The zero-order valence-electron chi connectivity index (χ0n) is 11.0. The Kier molecular flexibility index (Phi) is 3.78. The number of carbonyl (C=O) groups is 1. The third-order valence-electron chi connectivity index (χ3n) is 3.89. The Morgan fingerprint density at radius 3 is 2.63 bits per heavy atom. The van der Waals surface area contributed by atoms with Gasteiger partial charge in [-0.1, -0.05) is 28.1 Å². The first-order valence-corrected chi connectivity index (χ1v) is 8.12. The van der Waals surface area contributed by atoms with Crippen LogP contribution in [0, 0.1) is 5.92 Å². The summed E-state index contributed by atoms with van der Waals surface area (Å²) in [5.41, 5.74) is 2.31. The van der Waals surface area contributed by atoms with E-state index in [9.17, 15) is 4.79 Å². The summed E-state index contributed by atoms with van der Waals surface area (Å²) in [6.45, 7) is 2.93. The molecule has 1 aliphatic heterocycles. The van der Waals surface area contributed by atoms with Crippen LogP contribution in [-0.4, -0.2) is 30.9 Å². The van der Waals surface area contributed by atoms with Gasteiger partial charge in [0.15, 0.2) is 0 Å². The van der Waals surface area contributed by atoms with E-state index in [1.165, 1.54) is 18.5 Å². The summed E-state index contributed by atoms with van der Waals surface area (Å²) in [5, 5.41) is 0.732. The summed E-state index contributed by atoms with van der Waals surface area (Å²) in [4.78, 5) is 16.6. The quantitative estimate of drug-likeness (QED) is 0.795. The van der Waals surface area contributed by atoms with Crippen molar-refractivity contribution in [1.29, 1.82) is 0 Å². The van der Waals surface area contributed by atoms with E-state index in [1.54, 1.807) is 0 Å². The maximum absolute atomic E-state index is 12.2. The molecule has 0 unspecified atom stereocenters. The summed E-state index contributed by atoms with van der Waals surface area (Å²) in [5.74, 6) is 1.09. The van der Waals surface area contributed by atoms with Crippen molar-refractivity contribution in [3.8, 4) is 0 Å². The SMILES string of the molecule is O=C(CCBr)N1CCN(CC2CC2)c2ccccc21. The van der Waals surface area contributed by atoms with Crippen LogP contribution < -0.4 is 9.80 Å². The van der Waals surface area contributed by atoms with Crippen molar-refractivity contribution in [1.82, 2.24) is 0 Å². The minimum absolute atomic E-state index is 0.218. The number of rotatable bonds is 4. The van der Waals surface area contributed by atoms with Crippen molar-refractivity contribution in [3.05, 3.63) is 24.3 Å². The topological polar surface area (TPSA) is 23.6 Å². The second-order valence-corrected chi connectivity index (χ2v) is 6.16. The molecule has 0 saturated heterocycles. The molecule has 1 aliphatic carbocycles. The van der Waals surface area contributed by atoms with Gasteiger partial charge in [0, 0.05) is 31.4 Å². The van der Waals surface area contributed by atoms with Crippen molar-refractivity contribution in [2.45, 2.75) is 19.3 Å². The number of benzene rings is 1. The predicted molar refractivity (Wildman–Crippen MR) is 82.1 cm³/mol. The third kappa shape index (κ3) is 2.78. The van der Waals surface area contributed by atoms with Gasteiger partial charge >= 0.3 is 0 Å². The van der Waals surface area contributed by atoms with Crippen molar-refractivity contribution >= 4 is 33.2 Å². The molecule has 19 heavy (non-hydrogen) atoms. The molecule has 4 heteroatoms. The lowest BCUT2D eigenvalue weighted by Gasteiger charge is -2.38. The summed E-state index contributed by atoms with van der Waals surface area (Å²) in [7, 11) is 0. The lowest BCUT2D eigenvalue weighted by molar-refractivity contribution is -0.118. The number of anilines is 2. The monoisotopic (exact) mass is 322 g/mol. The van der Waals surface area contributed by atoms with E-state index >= 15 is 0 Å². The van der Waals surface area contributed by atoms with Gasteiger partial charge in [-0.15, -0.1) is 0 Å². The second kappa shape index (κ2) is 5.53. The van der Waals surface area contributed by atoms with Gasteiger partial charge in [0.25, 0.3) is 0 Å². The number of carbonyl (C=O) groups excluding carboxylic acids is 1. The smallest absolute Gasteiger partial charge is 0.227 e. The Labute approximate surface area is 122 Å². The lowest BCUT2D eigenvalue weighted by Crippen LogP contribution is -2.44. The molecule has 0 bridgehead atoms. The maximum Gasteiger partial charge on any atom is 0.227 e. The number of alkyl halides is 1. The molecule has 3 rings (SSSR count). The third-order valence-corrected chi connectivity index (χ3v) is 4.29. The fourth-order valence-electron chi connectivity index (χ4n) is 2.70. The molecule has 0 aromatic heterocycles. The Morgan fingerprint density at radius 2 is 1.95 bits per heavy atom. The van der Waals surface area contributed by atoms with Gasteiger partial charge in [-0.2, -0.15) is 0 Å². The predicted octanol–water partition coefficient (Wildman–Crippen LogP) is 3.03. The first-order chi connectivity index (χ1) is 9.29. The van der Waals surface area contributed by atoms with Crippen molar-refractivity contribution < 1.29 is 4.79 Å². The maximum atomic E-state index is 12.2. The van der Waals surface area contributed by atoms with Crippen LogP contribution in [-0.2, 0) is 4.79 Å². The molecular weight excluding hydrogens is 304 g/mol. The molecule has 1 aromatic carbocycles. The van der Waals surface area contributed by atoms with Crippen LogP contribution in [0.1, 0.15) is 19.3 Å². The fraction of sp³-hybridized carbons (Fsp3) is 0.533. The highest BCUT2D eigenvalue weighted by atomic mass is 79.9. The average molecular weight is 323 g/mol. The highest BCUT2D eigenvalue weighted by Crippen LogP contribution is 2.37. The van der Waals surface area contributed by atoms with E-state index < -0.39 is 0 Å². The molecule has 3 nitrogen and oxygen atoms in total. The molecule has 102 valence electrons. The highest BCUT2D eigenvalue weighted by molar-refractivity contribution is 9.09. The van der Waals surface area contributed by atoms with Crippen LogP contribution in [0.15, 0.2) is 24.3 Å². The van der Waals surface area contributed by atoms with Crippen LogP contribution in [0.3, 0.4) is 0 Å². The number of hydrogen-bond acceptors (Lipinski definition) is 2. The molecule has 1 aromatic rings. The van der Waals surface area contributed by atoms with Crippen LogP contribution in [0.5, 0.6) is 0 Å². The Bertz CT molecular complexity index is 473. The molecule has 1 amide bonds. The van der Waals surface area contributed by atoms with Crippen molar-refractivity contribution in [3.63, 3.8) is 0 Å². The Morgan fingerprint density at radius 1 is 1.21 bits per heavy atom. The van der Waals surface area contributed by atoms with E-state index in [-0.39, 0.29) is 5.91 Å². The van der Waals surface area contributed by atoms with E-state index in [2.05, 4.69) is 39.0 Å². The molecule has 0 N–H and O–H groups in total. The van der Waals surface area contributed by atoms with Crippen molar-refractivity contribution in [2.75, 3.05) is 34.8 Å². The van der Waals surface area contributed by atoms with Crippen LogP contribution >= 0.6 is 15.9 Å². The number of fused-ring (bicyclic) bond motifs is 1. The van der Waals surface area contributed by atoms with Gasteiger partial charge in [-0.05, 0) is 30.9 Å². The molecule has 0 spiro atoms. The zero-order valence-corrected chi connectivity index (χ0v) is 12.6. The first-order valence-electron chi connectivity index (χ1n) is 7.00. The number of nitrogens with zero attached hydrogens (tertiary/aromatic N) is 2. The summed E-state index contributed by atoms with van der Waals surface area (Å²) < 4.78 is 0. The van der Waals surface area contributed by atoms with Gasteiger partial charge < -0.3 is 9.80 Å². The molecule has 0 atom stereocenters. The van der Waals surface area contributed by atoms with Crippen LogP contribution in [0.25, 0.3) is 0 Å². The Balaban J connectivity index is 1.84. The largest absolute Gasteiger partial charge is 0.368 e. The minimum atomic E-state index is 0.218. The normalized spacial score (nSPS) is 18.4. The number of hydrogen-bond donors (Lipinski definition) is 0. The summed E-state index contributed by atoms with van der Waals surface area (Å²) >= 11 is 3.35. The first kappa shape index (κ1) is 13.0. The molecular formula is C15H19BrN2O. The highest BCUT2D eigenvalue weighted by Gasteiger charge is 2.30. The minimum Gasteiger partial charge on any atom is -0.368 e. The molecule has 0 radical (unpaired) electrons. The molecule has 1 heterocycles. The summed E-state index contributed by atoms with van der Waals surface area (Å²) in [6.07, 6.45) is 3.30. The van der Waals surface area contributed by atoms with E-state index in [1.807, 2.05) is 11.0 Å². The van der Waals surface area contributed by atoms with E-state index in [4.69, 9.17) is 0 Å². The van der Waals surface area contributed by atoms with Gasteiger partial charge in [0.1, 0.15) is 0 Å². The second-order valence-electron chi connectivity index (χ2n) is 5.36. The Hall–Kier alpha value is -1.03. The number of amides is 1.